The van der Waals surface area contributed by atoms with Gasteiger partial charge in [-0.3, -0.25) is 9.59 Å². The molecule has 1 heterocycles. The summed E-state index contributed by atoms with van der Waals surface area (Å²) in [5, 5.41) is 2.78. The number of rotatable bonds is 4. The summed E-state index contributed by atoms with van der Waals surface area (Å²) in [4.78, 5) is 23.4. The molecule has 1 amide bonds. The number of amides is 1. The van der Waals surface area contributed by atoms with E-state index in [-0.39, 0.29) is 11.5 Å². The SMILES string of the molecule is Cn1ccc(C(=O)NCc2ccc(CN)cc2)cc1=O. The predicted molar refractivity (Wildman–Crippen MR) is 77.2 cm³/mol. The summed E-state index contributed by atoms with van der Waals surface area (Å²) in [7, 11) is 1.64. The average molecular weight is 271 g/mol. The van der Waals surface area contributed by atoms with Crippen molar-refractivity contribution in [3.63, 3.8) is 0 Å². The van der Waals surface area contributed by atoms with Crippen molar-refractivity contribution in [1.82, 2.24) is 9.88 Å². The van der Waals surface area contributed by atoms with E-state index in [1.165, 1.54) is 10.6 Å². The van der Waals surface area contributed by atoms with E-state index >= 15 is 0 Å². The van der Waals surface area contributed by atoms with E-state index in [9.17, 15) is 9.59 Å². The molecule has 0 radical (unpaired) electrons. The Bertz CT molecular complexity index is 660. The predicted octanol–water partition coefficient (Wildman–Crippen LogP) is 0.774. The number of hydrogen-bond donors (Lipinski definition) is 2. The fourth-order valence-corrected chi connectivity index (χ4v) is 1.77. The number of hydrogen-bond acceptors (Lipinski definition) is 3. The topological polar surface area (TPSA) is 77.1 Å². The lowest BCUT2D eigenvalue weighted by Crippen LogP contribution is -2.25. The maximum Gasteiger partial charge on any atom is 0.251 e. The van der Waals surface area contributed by atoms with Crippen molar-refractivity contribution in [1.29, 1.82) is 0 Å². The molecule has 0 saturated heterocycles. The summed E-state index contributed by atoms with van der Waals surface area (Å²) >= 11 is 0. The number of aromatic nitrogens is 1. The van der Waals surface area contributed by atoms with Gasteiger partial charge in [-0.2, -0.15) is 0 Å². The van der Waals surface area contributed by atoms with Crippen LogP contribution in [0.3, 0.4) is 0 Å². The van der Waals surface area contributed by atoms with Crippen LogP contribution in [0, 0.1) is 0 Å². The van der Waals surface area contributed by atoms with Crippen molar-refractivity contribution in [3.05, 3.63) is 69.6 Å². The molecule has 1 aromatic carbocycles. The summed E-state index contributed by atoms with van der Waals surface area (Å²) in [5.41, 5.74) is 7.72. The lowest BCUT2D eigenvalue weighted by Gasteiger charge is -2.06. The zero-order valence-electron chi connectivity index (χ0n) is 11.3. The summed E-state index contributed by atoms with van der Waals surface area (Å²) in [6, 6.07) is 10.7. The van der Waals surface area contributed by atoms with Crippen LogP contribution in [0.5, 0.6) is 0 Å². The van der Waals surface area contributed by atoms with Crippen LogP contribution in [0.25, 0.3) is 0 Å². The molecule has 0 fully saturated rings. The molecule has 104 valence electrons. The van der Waals surface area contributed by atoms with Crippen LogP contribution in [0.4, 0.5) is 0 Å². The highest BCUT2D eigenvalue weighted by Gasteiger charge is 2.06. The minimum Gasteiger partial charge on any atom is -0.348 e. The van der Waals surface area contributed by atoms with Crippen LogP contribution >= 0.6 is 0 Å². The van der Waals surface area contributed by atoms with Gasteiger partial charge in [0, 0.05) is 38.0 Å². The van der Waals surface area contributed by atoms with Gasteiger partial charge >= 0.3 is 0 Å². The molecule has 0 saturated carbocycles. The van der Waals surface area contributed by atoms with Crippen LogP contribution in [0.15, 0.2) is 47.4 Å². The molecule has 5 heteroatoms. The lowest BCUT2D eigenvalue weighted by molar-refractivity contribution is 0.0950. The monoisotopic (exact) mass is 271 g/mol. The fraction of sp³-hybridized carbons (Fsp3) is 0.200. The van der Waals surface area contributed by atoms with Gasteiger partial charge in [0.2, 0.25) is 0 Å². The molecule has 2 rings (SSSR count). The molecule has 0 atom stereocenters. The molecular formula is C15H17N3O2. The van der Waals surface area contributed by atoms with Gasteiger partial charge in [-0.15, -0.1) is 0 Å². The molecule has 3 N–H and O–H groups in total. The quantitative estimate of drug-likeness (QED) is 0.862. The van der Waals surface area contributed by atoms with Gasteiger partial charge < -0.3 is 15.6 Å². The second-order valence-electron chi connectivity index (χ2n) is 4.57. The third kappa shape index (κ3) is 3.33. The van der Waals surface area contributed by atoms with Gasteiger partial charge in [-0.1, -0.05) is 24.3 Å². The summed E-state index contributed by atoms with van der Waals surface area (Å²) < 4.78 is 1.42. The van der Waals surface area contributed by atoms with Crippen LogP contribution in [0.1, 0.15) is 21.5 Å². The smallest absolute Gasteiger partial charge is 0.251 e. The van der Waals surface area contributed by atoms with Gasteiger partial charge in [0.25, 0.3) is 11.5 Å². The number of benzene rings is 1. The number of pyridine rings is 1. The largest absolute Gasteiger partial charge is 0.348 e. The molecule has 0 bridgehead atoms. The van der Waals surface area contributed by atoms with Crippen LogP contribution in [0.2, 0.25) is 0 Å². The van der Waals surface area contributed by atoms with Crippen LogP contribution in [-0.4, -0.2) is 10.5 Å². The lowest BCUT2D eigenvalue weighted by atomic mass is 10.1. The Kier molecular flexibility index (Phi) is 4.32. The molecule has 20 heavy (non-hydrogen) atoms. The van der Waals surface area contributed by atoms with E-state index in [0.717, 1.165) is 11.1 Å². The summed E-state index contributed by atoms with van der Waals surface area (Å²) in [6.07, 6.45) is 1.58. The summed E-state index contributed by atoms with van der Waals surface area (Å²) in [5.74, 6) is -0.259. The molecule has 2 aromatic rings. The van der Waals surface area contributed by atoms with Crippen molar-refractivity contribution < 1.29 is 4.79 Å². The Morgan fingerprint density at radius 1 is 1.20 bits per heavy atom. The molecule has 0 aliphatic carbocycles. The van der Waals surface area contributed by atoms with Gasteiger partial charge in [-0.05, 0) is 17.2 Å². The first-order valence-electron chi connectivity index (χ1n) is 6.33. The van der Waals surface area contributed by atoms with E-state index in [1.807, 2.05) is 24.3 Å². The minimum atomic E-state index is -0.259. The van der Waals surface area contributed by atoms with Crippen molar-refractivity contribution >= 4 is 5.91 Å². The van der Waals surface area contributed by atoms with Crippen LogP contribution in [-0.2, 0) is 20.1 Å². The zero-order chi connectivity index (χ0) is 14.5. The molecule has 0 aliphatic rings. The van der Waals surface area contributed by atoms with Crippen LogP contribution < -0.4 is 16.6 Å². The zero-order valence-corrected chi connectivity index (χ0v) is 11.3. The van der Waals surface area contributed by atoms with E-state index < -0.39 is 0 Å². The molecule has 0 aliphatic heterocycles. The number of aryl methyl sites for hydroxylation is 1. The van der Waals surface area contributed by atoms with E-state index in [1.54, 1.807) is 19.3 Å². The number of nitrogens with one attached hydrogen (secondary N) is 1. The first kappa shape index (κ1) is 14.0. The Hall–Kier alpha value is -2.40. The third-order valence-electron chi connectivity index (χ3n) is 3.08. The maximum absolute atomic E-state index is 11.9. The van der Waals surface area contributed by atoms with Crippen molar-refractivity contribution in [2.45, 2.75) is 13.1 Å². The second kappa shape index (κ2) is 6.16. The van der Waals surface area contributed by atoms with Gasteiger partial charge in [-0.25, -0.2) is 0 Å². The highest BCUT2D eigenvalue weighted by molar-refractivity contribution is 5.93. The number of nitrogens with zero attached hydrogens (tertiary/aromatic N) is 1. The number of carbonyl (C=O) groups is 1. The highest BCUT2D eigenvalue weighted by atomic mass is 16.2. The number of carbonyl (C=O) groups excluding carboxylic acids is 1. The van der Waals surface area contributed by atoms with Crippen molar-refractivity contribution in [2.24, 2.45) is 12.8 Å². The first-order valence-corrected chi connectivity index (χ1v) is 6.33. The third-order valence-corrected chi connectivity index (χ3v) is 3.08. The van der Waals surface area contributed by atoms with E-state index in [4.69, 9.17) is 5.73 Å². The second-order valence-corrected chi connectivity index (χ2v) is 4.57. The van der Waals surface area contributed by atoms with Crippen molar-refractivity contribution in [2.75, 3.05) is 0 Å². The molecular weight excluding hydrogens is 254 g/mol. The number of nitrogens with two attached hydrogens (primary N) is 1. The van der Waals surface area contributed by atoms with E-state index in [2.05, 4.69) is 5.32 Å². The Morgan fingerprint density at radius 3 is 2.45 bits per heavy atom. The minimum absolute atomic E-state index is 0.204. The molecule has 0 spiro atoms. The normalized spacial score (nSPS) is 10.3. The molecule has 0 unspecified atom stereocenters. The molecule has 1 aromatic heterocycles. The highest BCUT2D eigenvalue weighted by Crippen LogP contribution is 2.04. The fourth-order valence-electron chi connectivity index (χ4n) is 1.77. The standard InChI is InChI=1S/C15H17N3O2/c1-18-7-6-13(8-14(18)19)15(20)17-10-12-4-2-11(9-16)3-5-12/h2-8H,9-10,16H2,1H3,(H,17,20). The maximum atomic E-state index is 11.9. The van der Waals surface area contributed by atoms with Gasteiger partial charge in [0.05, 0.1) is 0 Å². The Labute approximate surface area is 117 Å². The average Bonchev–Trinajstić information content (AvgIpc) is 2.48. The summed E-state index contributed by atoms with van der Waals surface area (Å²) in [6.45, 7) is 0.916. The van der Waals surface area contributed by atoms with Gasteiger partial charge in [0.1, 0.15) is 0 Å². The molecule has 5 nitrogen and oxygen atoms in total. The first-order chi connectivity index (χ1) is 9.60. The van der Waals surface area contributed by atoms with E-state index in [0.29, 0.717) is 18.7 Å². The van der Waals surface area contributed by atoms with Crippen molar-refractivity contribution in [3.8, 4) is 0 Å². The van der Waals surface area contributed by atoms with Gasteiger partial charge in [0.15, 0.2) is 0 Å². The Morgan fingerprint density at radius 2 is 1.85 bits per heavy atom. The Balaban J connectivity index is 2.00.